The molecule has 3 aromatic rings. The Morgan fingerprint density at radius 3 is 2.45 bits per heavy atom. The molecule has 2 aromatic carbocycles. The number of furan rings is 1. The molecular weight excluding hydrogens is 364 g/mol. The summed E-state index contributed by atoms with van der Waals surface area (Å²) in [4.78, 5) is 26.4. The van der Waals surface area contributed by atoms with Crippen LogP contribution in [0.1, 0.15) is 35.5 Å². The van der Waals surface area contributed by atoms with Crippen LogP contribution in [-0.4, -0.2) is 23.3 Å². The van der Waals surface area contributed by atoms with Crippen molar-refractivity contribution in [3.63, 3.8) is 0 Å². The molecule has 2 amide bonds. The lowest BCUT2D eigenvalue weighted by Crippen LogP contribution is -2.35. The van der Waals surface area contributed by atoms with Gasteiger partial charge in [-0.15, -0.1) is 0 Å². The molecule has 0 saturated carbocycles. The van der Waals surface area contributed by atoms with Crippen molar-refractivity contribution < 1.29 is 14.0 Å². The van der Waals surface area contributed by atoms with Crippen molar-refractivity contribution in [1.29, 1.82) is 0 Å². The van der Waals surface area contributed by atoms with E-state index in [1.165, 1.54) is 0 Å². The van der Waals surface area contributed by atoms with Gasteiger partial charge in [0.25, 0.3) is 5.91 Å². The molecule has 4 rings (SSSR count). The average Bonchev–Trinajstić information content (AvgIpc) is 3.17. The summed E-state index contributed by atoms with van der Waals surface area (Å²) in [6, 6.07) is 19.0. The quantitative estimate of drug-likeness (QED) is 0.702. The summed E-state index contributed by atoms with van der Waals surface area (Å²) in [6.07, 6.45) is 0.705. The molecule has 5 heteroatoms. The molecule has 0 saturated heterocycles. The lowest BCUT2D eigenvalue weighted by atomic mass is 10.1. The zero-order chi connectivity index (χ0) is 20.4. The Labute approximate surface area is 170 Å². The van der Waals surface area contributed by atoms with Gasteiger partial charge in [-0.3, -0.25) is 9.59 Å². The number of amides is 2. The van der Waals surface area contributed by atoms with E-state index >= 15 is 0 Å². The zero-order valence-electron chi connectivity index (χ0n) is 16.6. The molecule has 0 bridgehead atoms. The number of carbonyl (C=O) groups is 2. The lowest BCUT2D eigenvalue weighted by molar-refractivity contribution is -0.118. The van der Waals surface area contributed by atoms with Gasteiger partial charge in [-0.25, -0.2) is 0 Å². The van der Waals surface area contributed by atoms with E-state index in [1.54, 1.807) is 0 Å². The first-order valence-electron chi connectivity index (χ1n) is 9.88. The highest BCUT2D eigenvalue weighted by Gasteiger charge is 2.25. The number of anilines is 1. The number of hydrogen-bond acceptors (Lipinski definition) is 3. The van der Waals surface area contributed by atoms with Crippen molar-refractivity contribution in [3.8, 4) is 11.3 Å². The van der Waals surface area contributed by atoms with Crippen LogP contribution in [0.25, 0.3) is 11.3 Å². The maximum atomic E-state index is 12.7. The average molecular weight is 388 g/mol. The van der Waals surface area contributed by atoms with Crippen LogP contribution < -0.4 is 5.32 Å². The Hall–Kier alpha value is -3.34. The number of nitrogens with zero attached hydrogens (tertiary/aromatic N) is 1. The Morgan fingerprint density at radius 1 is 1.03 bits per heavy atom. The van der Waals surface area contributed by atoms with Crippen molar-refractivity contribution in [1.82, 2.24) is 4.90 Å². The van der Waals surface area contributed by atoms with Crippen LogP contribution in [0.2, 0.25) is 0 Å². The summed E-state index contributed by atoms with van der Waals surface area (Å²) in [5.41, 5.74) is 3.47. The fraction of sp³-hybridized carbons (Fsp3) is 0.250. The summed E-state index contributed by atoms with van der Waals surface area (Å²) in [7, 11) is 0. The molecule has 5 nitrogen and oxygen atoms in total. The van der Waals surface area contributed by atoms with Crippen LogP contribution in [0.3, 0.4) is 0 Å². The third kappa shape index (κ3) is 4.09. The van der Waals surface area contributed by atoms with Gasteiger partial charge in [-0.2, -0.15) is 0 Å². The lowest BCUT2D eigenvalue weighted by Gasteiger charge is -2.26. The van der Waals surface area contributed by atoms with E-state index in [0.29, 0.717) is 25.1 Å². The highest BCUT2D eigenvalue weighted by atomic mass is 16.3. The van der Waals surface area contributed by atoms with Crippen molar-refractivity contribution in [3.05, 3.63) is 77.6 Å². The first-order valence-corrected chi connectivity index (χ1v) is 9.88. The van der Waals surface area contributed by atoms with Gasteiger partial charge in [-0.1, -0.05) is 32.0 Å². The van der Waals surface area contributed by atoms with Crippen LogP contribution in [0.4, 0.5) is 5.69 Å². The van der Waals surface area contributed by atoms with Gasteiger partial charge in [0.05, 0.1) is 0 Å². The zero-order valence-corrected chi connectivity index (χ0v) is 16.6. The molecule has 1 aliphatic rings. The molecule has 0 spiro atoms. The number of fused-ring (bicyclic) bond motifs is 1. The molecular formula is C24H24N2O3. The van der Waals surface area contributed by atoms with Gasteiger partial charge < -0.3 is 14.6 Å². The highest BCUT2D eigenvalue weighted by Crippen LogP contribution is 2.30. The van der Waals surface area contributed by atoms with Crippen LogP contribution in [-0.2, 0) is 17.8 Å². The third-order valence-corrected chi connectivity index (χ3v) is 5.14. The summed E-state index contributed by atoms with van der Waals surface area (Å²) >= 11 is 0. The number of carbonyl (C=O) groups excluding carboxylic acids is 2. The molecule has 0 aliphatic carbocycles. The van der Waals surface area contributed by atoms with Crippen molar-refractivity contribution in [2.45, 2.75) is 26.8 Å². The fourth-order valence-corrected chi connectivity index (χ4v) is 3.42. The number of nitrogens with one attached hydrogen (secondary N) is 1. The fourth-order valence-electron chi connectivity index (χ4n) is 3.42. The second kappa shape index (κ2) is 7.95. The minimum atomic E-state index is -0.0620. The van der Waals surface area contributed by atoms with Crippen LogP contribution in [0, 0.1) is 5.92 Å². The largest absolute Gasteiger partial charge is 0.461 e. The van der Waals surface area contributed by atoms with Gasteiger partial charge in [0.1, 0.15) is 11.5 Å². The second-order valence-electron chi connectivity index (χ2n) is 7.62. The van der Waals surface area contributed by atoms with E-state index in [1.807, 2.05) is 79.4 Å². The maximum absolute atomic E-state index is 12.7. The number of hydrogen-bond donors (Lipinski definition) is 1. The second-order valence-corrected chi connectivity index (χ2v) is 7.62. The summed E-state index contributed by atoms with van der Waals surface area (Å²) < 4.78 is 6.06. The van der Waals surface area contributed by atoms with Crippen molar-refractivity contribution >= 4 is 17.5 Å². The van der Waals surface area contributed by atoms with E-state index in [0.717, 1.165) is 28.3 Å². The maximum Gasteiger partial charge on any atom is 0.254 e. The van der Waals surface area contributed by atoms with E-state index in [-0.39, 0.29) is 17.7 Å². The monoisotopic (exact) mass is 388 g/mol. The van der Waals surface area contributed by atoms with Gasteiger partial charge in [0.2, 0.25) is 5.91 Å². The predicted octanol–water partition coefficient (Wildman–Crippen LogP) is 4.74. The van der Waals surface area contributed by atoms with Gasteiger partial charge >= 0.3 is 0 Å². The number of rotatable bonds is 4. The van der Waals surface area contributed by atoms with Crippen molar-refractivity contribution in [2.75, 3.05) is 11.9 Å². The molecule has 1 N–H and O–H groups in total. The predicted molar refractivity (Wildman–Crippen MR) is 112 cm³/mol. The Kier molecular flexibility index (Phi) is 5.21. The summed E-state index contributed by atoms with van der Waals surface area (Å²) in [5.74, 6) is 1.70. The van der Waals surface area contributed by atoms with Crippen LogP contribution >= 0.6 is 0 Å². The summed E-state index contributed by atoms with van der Waals surface area (Å²) in [5, 5.41) is 2.89. The first kappa shape index (κ1) is 19.0. The van der Waals surface area contributed by atoms with E-state index in [9.17, 15) is 9.59 Å². The minimum Gasteiger partial charge on any atom is -0.461 e. The Morgan fingerprint density at radius 2 is 1.76 bits per heavy atom. The van der Waals surface area contributed by atoms with E-state index in [2.05, 4.69) is 5.32 Å². The molecule has 148 valence electrons. The number of benzene rings is 2. The molecule has 0 atom stereocenters. The van der Waals surface area contributed by atoms with E-state index in [4.69, 9.17) is 4.42 Å². The topological polar surface area (TPSA) is 62.6 Å². The van der Waals surface area contributed by atoms with Gasteiger partial charge in [-0.05, 0) is 42.5 Å². The standard InChI is InChI=1S/C24H24N2O3/c1-16(2)23(27)25-20-10-8-17(9-11-20)22-14-19-15-26(13-12-21(19)29-22)24(28)18-6-4-3-5-7-18/h3-11,14,16H,12-13,15H2,1-2H3,(H,25,27). The minimum absolute atomic E-state index is 0.00520. The first-order chi connectivity index (χ1) is 14.0. The van der Waals surface area contributed by atoms with Gasteiger partial charge in [0, 0.05) is 47.8 Å². The third-order valence-electron chi connectivity index (χ3n) is 5.14. The highest BCUT2D eigenvalue weighted by molar-refractivity contribution is 5.94. The smallest absolute Gasteiger partial charge is 0.254 e. The molecule has 1 aliphatic heterocycles. The van der Waals surface area contributed by atoms with E-state index < -0.39 is 0 Å². The van der Waals surface area contributed by atoms with Crippen LogP contribution in [0.5, 0.6) is 0 Å². The molecule has 2 heterocycles. The normalized spacial score (nSPS) is 13.3. The molecule has 0 radical (unpaired) electrons. The van der Waals surface area contributed by atoms with Gasteiger partial charge in [0.15, 0.2) is 0 Å². The Bertz CT molecular complexity index is 1020. The molecule has 0 unspecified atom stereocenters. The molecule has 29 heavy (non-hydrogen) atoms. The Balaban J connectivity index is 1.48. The molecule has 0 fully saturated rings. The summed E-state index contributed by atoms with van der Waals surface area (Å²) in [6.45, 7) is 4.93. The van der Waals surface area contributed by atoms with Crippen LogP contribution in [0.15, 0.2) is 65.1 Å². The molecule has 1 aromatic heterocycles. The SMILES string of the molecule is CC(C)C(=O)Nc1ccc(-c2cc3c(o2)CCN(C(=O)c2ccccc2)C3)cc1. The van der Waals surface area contributed by atoms with Crippen molar-refractivity contribution in [2.24, 2.45) is 5.92 Å².